The van der Waals surface area contributed by atoms with Gasteiger partial charge >= 0.3 is 0 Å². The predicted octanol–water partition coefficient (Wildman–Crippen LogP) is 5.08. The third-order valence-electron chi connectivity index (χ3n) is 5.84. The number of aryl methyl sites for hydroxylation is 1. The highest BCUT2D eigenvalue weighted by Crippen LogP contribution is 2.27. The number of aromatic nitrogens is 7. The summed E-state index contributed by atoms with van der Waals surface area (Å²) in [6.45, 7) is 2.84. The summed E-state index contributed by atoms with van der Waals surface area (Å²) in [7, 11) is 0. The van der Waals surface area contributed by atoms with E-state index in [0.717, 1.165) is 40.2 Å². The molecule has 0 bridgehead atoms. The SMILES string of the molecule is CCn1c(Cc2ccnn2-c2cccc(F)c2)nc2cc(-c3nnc(-c4cccnc4)o3)ccc21. The highest BCUT2D eigenvalue weighted by molar-refractivity contribution is 5.81. The van der Waals surface area contributed by atoms with Gasteiger partial charge in [-0.25, -0.2) is 14.1 Å². The molecule has 0 aliphatic carbocycles. The fourth-order valence-corrected chi connectivity index (χ4v) is 4.21. The van der Waals surface area contributed by atoms with Gasteiger partial charge in [0, 0.05) is 37.1 Å². The second-order valence-electron chi connectivity index (χ2n) is 8.02. The quantitative estimate of drug-likeness (QED) is 0.341. The second kappa shape index (κ2) is 8.60. The van der Waals surface area contributed by atoms with Crippen molar-refractivity contribution in [3.8, 4) is 28.6 Å². The summed E-state index contributed by atoms with van der Waals surface area (Å²) in [6.07, 6.45) is 5.64. The molecule has 6 rings (SSSR count). The fraction of sp³-hybridized carbons (Fsp3) is 0.115. The first-order valence-corrected chi connectivity index (χ1v) is 11.2. The molecule has 0 radical (unpaired) electrons. The molecular formula is C26H20FN7O. The number of hydrogen-bond donors (Lipinski definition) is 0. The third kappa shape index (κ3) is 3.86. The van der Waals surface area contributed by atoms with Crippen molar-refractivity contribution in [2.45, 2.75) is 19.9 Å². The Balaban J connectivity index is 1.35. The second-order valence-corrected chi connectivity index (χ2v) is 8.02. The van der Waals surface area contributed by atoms with E-state index in [0.29, 0.717) is 23.9 Å². The van der Waals surface area contributed by atoms with Gasteiger partial charge in [-0.1, -0.05) is 6.07 Å². The monoisotopic (exact) mass is 465 g/mol. The van der Waals surface area contributed by atoms with Gasteiger partial charge in [0.25, 0.3) is 0 Å². The fourth-order valence-electron chi connectivity index (χ4n) is 4.21. The highest BCUT2D eigenvalue weighted by Gasteiger charge is 2.16. The zero-order chi connectivity index (χ0) is 23.8. The van der Waals surface area contributed by atoms with Gasteiger partial charge in [0.05, 0.1) is 28.0 Å². The number of pyridine rings is 1. The summed E-state index contributed by atoms with van der Waals surface area (Å²) in [5.74, 6) is 1.42. The van der Waals surface area contributed by atoms with Crippen LogP contribution in [-0.2, 0) is 13.0 Å². The van der Waals surface area contributed by atoms with Crippen molar-refractivity contribution >= 4 is 11.0 Å². The predicted molar refractivity (Wildman–Crippen MR) is 128 cm³/mol. The molecule has 0 fully saturated rings. The number of hydrogen-bond acceptors (Lipinski definition) is 6. The van der Waals surface area contributed by atoms with E-state index in [-0.39, 0.29) is 5.82 Å². The third-order valence-corrected chi connectivity index (χ3v) is 5.84. The molecule has 0 aliphatic rings. The molecule has 2 aromatic carbocycles. The largest absolute Gasteiger partial charge is 0.416 e. The van der Waals surface area contributed by atoms with E-state index < -0.39 is 0 Å². The van der Waals surface area contributed by atoms with Gasteiger partial charge in [-0.2, -0.15) is 5.10 Å². The molecule has 0 unspecified atom stereocenters. The van der Waals surface area contributed by atoms with E-state index in [2.05, 4.69) is 31.8 Å². The normalized spacial score (nSPS) is 11.4. The molecule has 0 N–H and O–H groups in total. The van der Waals surface area contributed by atoms with E-state index in [1.807, 2.05) is 42.5 Å². The first-order valence-electron chi connectivity index (χ1n) is 11.2. The highest BCUT2D eigenvalue weighted by atomic mass is 19.1. The number of nitrogens with zero attached hydrogens (tertiary/aromatic N) is 7. The molecule has 0 atom stereocenters. The Kier molecular flexibility index (Phi) is 5.14. The lowest BCUT2D eigenvalue weighted by molar-refractivity contribution is 0.584. The lowest BCUT2D eigenvalue weighted by atomic mass is 10.2. The minimum absolute atomic E-state index is 0.301. The van der Waals surface area contributed by atoms with Gasteiger partial charge in [0.15, 0.2) is 0 Å². The first kappa shape index (κ1) is 20.9. The summed E-state index contributed by atoms with van der Waals surface area (Å²) < 4.78 is 23.6. The topological polar surface area (TPSA) is 87.5 Å². The molecule has 172 valence electrons. The van der Waals surface area contributed by atoms with Gasteiger partial charge in [0.2, 0.25) is 11.8 Å². The molecule has 6 aromatic rings. The number of rotatable bonds is 6. The van der Waals surface area contributed by atoms with Crippen LogP contribution < -0.4 is 0 Å². The van der Waals surface area contributed by atoms with Crippen LogP contribution in [0.2, 0.25) is 0 Å². The van der Waals surface area contributed by atoms with Crippen LogP contribution in [0.4, 0.5) is 4.39 Å². The Labute approximate surface area is 199 Å². The van der Waals surface area contributed by atoms with Crippen LogP contribution in [-0.4, -0.2) is 34.5 Å². The van der Waals surface area contributed by atoms with E-state index in [1.165, 1.54) is 12.1 Å². The van der Waals surface area contributed by atoms with E-state index in [9.17, 15) is 4.39 Å². The van der Waals surface area contributed by atoms with Crippen molar-refractivity contribution in [2.75, 3.05) is 0 Å². The van der Waals surface area contributed by atoms with Crippen molar-refractivity contribution in [2.24, 2.45) is 0 Å². The van der Waals surface area contributed by atoms with E-state index >= 15 is 0 Å². The molecule has 4 heterocycles. The molecule has 9 heteroatoms. The zero-order valence-electron chi connectivity index (χ0n) is 18.8. The van der Waals surface area contributed by atoms with E-state index in [1.54, 1.807) is 29.3 Å². The van der Waals surface area contributed by atoms with E-state index in [4.69, 9.17) is 9.40 Å². The number of benzene rings is 2. The summed E-state index contributed by atoms with van der Waals surface area (Å²) in [4.78, 5) is 9.01. The van der Waals surface area contributed by atoms with Gasteiger partial charge < -0.3 is 8.98 Å². The number of halogens is 1. The zero-order valence-corrected chi connectivity index (χ0v) is 18.8. The standard InChI is InChI=1S/C26H20FN7O/c1-2-33-23-9-8-17(25-31-32-26(35-25)18-5-4-11-28-16-18)13-22(23)30-24(33)15-21-10-12-29-34(21)20-7-3-6-19(27)14-20/h3-14,16H,2,15H2,1H3. The van der Waals surface area contributed by atoms with Crippen LogP contribution in [0.25, 0.3) is 39.6 Å². The summed E-state index contributed by atoms with van der Waals surface area (Å²) in [5, 5.41) is 12.8. The maximum Gasteiger partial charge on any atom is 0.249 e. The van der Waals surface area contributed by atoms with Gasteiger partial charge in [-0.15, -0.1) is 10.2 Å². The van der Waals surface area contributed by atoms with Crippen LogP contribution in [0.3, 0.4) is 0 Å². The molecule has 8 nitrogen and oxygen atoms in total. The Morgan fingerprint density at radius 1 is 0.914 bits per heavy atom. The van der Waals surface area contributed by atoms with Crippen molar-refractivity contribution < 1.29 is 8.81 Å². The Hall–Kier alpha value is -4.66. The average Bonchev–Trinajstić information content (AvgIpc) is 3.63. The lowest BCUT2D eigenvalue weighted by Gasteiger charge is -2.09. The minimum atomic E-state index is -0.301. The minimum Gasteiger partial charge on any atom is -0.416 e. The summed E-state index contributed by atoms with van der Waals surface area (Å²) in [5.41, 5.74) is 4.98. The van der Waals surface area contributed by atoms with Crippen LogP contribution in [0.5, 0.6) is 0 Å². The first-order chi connectivity index (χ1) is 17.2. The number of imidazole rings is 1. The van der Waals surface area contributed by atoms with Gasteiger partial charge in [0.1, 0.15) is 11.6 Å². The lowest BCUT2D eigenvalue weighted by Crippen LogP contribution is -2.07. The van der Waals surface area contributed by atoms with Crippen molar-refractivity contribution in [1.29, 1.82) is 0 Å². The van der Waals surface area contributed by atoms with Gasteiger partial charge in [-0.3, -0.25) is 4.98 Å². The molecule has 0 spiro atoms. The maximum atomic E-state index is 13.8. The van der Waals surface area contributed by atoms with Crippen molar-refractivity contribution in [1.82, 2.24) is 34.5 Å². The molecule has 4 aromatic heterocycles. The Morgan fingerprint density at radius 3 is 2.60 bits per heavy atom. The van der Waals surface area contributed by atoms with Crippen LogP contribution >= 0.6 is 0 Å². The smallest absolute Gasteiger partial charge is 0.249 e. The molecule has 0 aliphatic heterocycles. The summed E-state index contributed by atoms with van der Waals surface area (Å²) in [6, 6.07) is 17.9. The molecule has 0 saturated carbocycles. The average molecular weight is 465 g/mol. The summed E-state index contributed by atoms with van der Waals surface area (Å²) >= 11 is 0. The molecule has 0 saturated heterocycles. The van der Waals surface area contributed by atoms with Crippen LogP contribution in [0, 0.1) is 5.82 Å². The van der Waals surface area contributed by atoms with Gasteiger partial charge in [-0.05, 0) is 61.5 Å². The van der Waals surface area contributed by atoms with Crippen molar-refractivity contribution in [3.63, 3.8) is 0 Å². The Morgan fingerprint density at radius 2 is 1.80 bits per heavy atom. The van der Waals surface area contributed by atoms with Crippen LogP contribution in [0.1, 0.15) is 18.4 Å². The maximum absolute atomic E-state index is 13.8. The molecular weight excluding hydrogens is 445 g/mol. The Bertz CT molecular complexity index is 1630. The van der Waals surface area contributed by atoms with Crippen molar-refractivity contribution in [3.05, 3.63) is 96.6 Å². The number of fused-ring (bicyclic) bond motifs is 1. The van der Waals surface area contributed by atoms with Crippen LogP contribution in [0.15, 0.2) is 83.7 Å². The molecule has 0 amide bonds. The molecule has 35 heavy (non-hydrogen) atoms.